The van der Waals surface area contributed by atoms with Crippen molar-refractivity contribution in [3.8, 4) is 5.75 Å². The van der Waals surface area contributed by atoms with Crippen LogP contribution in [0.25, 0.3) is 0 Å². The highest BCUT2D eigenvalue weighted by Gasteiger charge is 2.28. The van der Waals surface area contributed by atoms with Crippen LogP contribution in [-0.4, -0.2) is 244 Å². The van der Waals surface area contributed by atoms with Gasteiger partial charge in [-0.2, -0.15) is 0 Å². The molecule has 0 radical (unpaired) electrons. The van der Waals surface area contributed by atoms with E-state index >= 15 is 0 Å². The summed E-state index contributed by atoms with van der Waals surface area (Å²) in [5, 5.41) is 35.5. The van der Waals surface area contributed by atoms with Gasteiger partial charge in [0.1, 0.15) is 36.1 Å². The van der Waals surface area contributed by atoms with Crippen LogP contribution >= 0.6 is 0 Å². The molecule has 8 N–H and O–H groups in total. The number of alkyl carbamates (subject to hydrolysis) is 1. The number of nitrogens with one attached hydrogen (secondary N) is 6. The molecule has 1 aromatic rings. The molecular formula is C57H93N7O22. The number of rotatable bonds is 51. The predicted molar refractivity (Wildman–Crippen MR) is 309 cm³/mol. The Balaban J connectivity index is 1.69. The standard InChI is InChI=1S/C57H93N7O22/c1-41(53(72)59-42(2)54(73)63-46-39-43(12-14-47(46)65)38-44(13-17-52(70)71)61-56(75)86-57(3,4)5)60-55(74)45(62-48(66)11-9-19-64-50(68)15-16-51(64)69)10-7-8-18-58-49(67)40-85-37-36-84-35-34-83-33-32-82-31-30-81-29-28-80-27-26-79-25-24-78-23-22-77-21-20-76-6/h12,14-16,39,41-42,44-45,65H,7-11,13,17-38,40H2,1-6H3,(H,58,67)(H,59,72)(H,60,74)(H,61,75)(H,62,66)(H,63,73)(H,70,71)/t41-,42-,44+,45-/m0/s1. The number of carboxylic acids is 1. The summed E-state index contributed by atoms with van der Waals surface area (Å²) in [6.07, 6.45) is 2.23. The topological polar surface area (TPSA) is 371 Å². The second kappa shape index (κ2) is 45.8. The van der Waals surface area contributed by atoms with Crippen LogP contribution < -0.4 is 31.9 Å². The second-order valence-corrected chi connectivity index (χ2v) is 20.5. The fourth-order valence-corrected chi connectivity index (χ4v) is 7.52. The average Bonchev–Trinajstić information content (AvgIpc) is 3.94. The van der Waals surface area contributed by atoms with Crippen LogP contribution in [0.15, 0.2) is 30.4 Å². The molecule has 29 nitrogen and oxygen atoms in total. The highest BCUT2D eigenvalue weighted by atomic mass is 16.6. The van der Waals surface area contributed by atoms with E-state index in [4.69, 9.17) is 52.1 Å². The minimum Gasteiger partial charge on any atom is -0.506 e. The van der Waals surface area contributed by atoms with E-state index in [-0.39, 0.29) is 88.8 Å². The van der Waals surface area contributed by atoms with E-state index in [9.17, 15) is 53.4 Å². The van der Waals surface area contributed by atoms with Gasteiger partial charge in [0.15, 0.2) is 0 Å². The molecule has 1 aliphatic heterocycles. The SMILES string of the molecule is COCCOCCOCCOCCOCCOCCOCCOCCOCCOCC(=O)NCCCC[C@H](NC(=O)CCCN1C(=O)C=CC1=O)C(=O)N[C@@H](C)C(=O)N[C@@H](C)C(=O)Nc1cc(C[C@@H](CCC(=O)O)NC(=O)OC(C)(C)C)ccc1O. The third-order valence-electron chi connectivity index (χ3n) is 12.0. The average molecular weight is 1230 g/mol. The molecule has 1 aliphatic rings. The van der Waals surface area contributed by atoms with Crippen molar-refractivity contribution < 1.29 is 105 Å². The Hall–Kier alpha value is -6.41. The Morgan fingerprint density at radius 1 is 0.570 bits per heavy atom. The third kappa shape index (κ3) is 37.9. The number of phenolic OH excluding ortho intramolecular Hbond substituents is 1. The summed E-state index contributed by atoms with van der Waals surface area (Å²) in [5.41, 5.74) is -0.318. The number of aliphatic carboxylic acids is 1. The second-order valence-electron chi connectivity index (χ2n) is 20.5. The summed E-state index contributed by atoms with van der Waals surface area (Å²) in [4.78, 5) is 114. The zero-order valence-corrected chi connectivity index (χ0v) is 50.7. The molecule has 0 aliphatic carbocycles. The number of amides is 8. The quantitative estimate of drug-likeness (QED) is 0.0255. The van der Waals surface area contributed by atoms with Crippen molar-refractivity contribution in [2.75, 3.05) is 151 Å². The van der Waals surface area contributed by atoms with Gasteiger partial charge in [-0.15, -0.1) is 0 Å². The van der Waals surface area contributed by atoms with Crippen molar-refractivity contribution in [3.05, 3.63) is 35.9 Å². The number of nitrogens with zero attached hydrogens (tertiary/aromatic N) is 1. The normalized spacial score (nSPS) is 13.6. The number of ether oxygens (including phenoxy) is 11. The molecule has 4 atom stereocenters. The number of hydrogen-bond donors (Lipinski definition) is 8. The Morgan fingerprint density at radius 3 is 1.56 bits per heavy atom. The highest BCUT2D eigenvalue weighted by molar-refractivity contribution is 6.12. The summed E-state index contributed by atoms with van der Waals surface area (Å²) < 4.78 is 59.2. The van der Waals surface area contributed by atoms with Crippen molar-refractivity contribution >= 4 is 59.1 Å². The van der Waals surface area contributed by atoms with Gasteiger partial charge in [-0.05, 0) is 90.8 Å². The first-order valence-electron chi connectivity index (χ1n) is 28.9. The number of carboxylic acid groups (broad SMARTS) is 1. The van der Waals surface area contributed by atoms with Gasteiger partial charge < -0.3 is 94.2 Å². The maximum Gasteiger partial charge on any atom is 0.407 e. The molecular weight excluding hydrogens is 1130 g/mol. The minimum absolute atomic E-state index is 0.0188. The molecule has 1 aromatic carbocycles. The van der Waals surface area contributed by atoms with E-state index < -0.39 is 77.3 Å². The number of carbonyl (C=O) groups excluding carboxylic acids is 8. The van der Waals surface area contributed by atoms with Gasteiger partial charge in [0.2, 0.25) is 29.5 Å². The van der Waals surface area contributed by atoms with E-state index in [1.165, 1.54) is 32.0 Å². The number of imide groups is 1. The van der Waals surface area contributed by atoms with Crippen molar-refractivity contribution in [1.82, 2.24) is 31.5 Å². The number of aromatic hydroxyl groups is 1. The Morgan fingerprint density at radius 2 is 1.06 bits per heavy atom. The summed E-state index contributed by atoms with van der Waals surface area (Å²) in [6, 6.07) is 0.0401. The molecule has 0 fully saturated rings. The number of phenols is 1. The number of anilines is 1. The zero-order chi connectivity index (χ0) is 63.4. The van der Waals surface area contributed by atoms with Crippen LogP contribution in [0.1, 0.15) is 85.1 Å². The van der Waals surface area contributed by atoms with Crippen LogP contribution in [0.2, 0.25) is 0 Å². The van der Waals surface area contributed by atoms with Gasteiger partial charge in [-0.25, -0.2) is 4.79 Å². The lowest BCUT2D eigenvalue weighted by Crippen LogP contribution is -2.54. The molecule has 1 heterocycles. The summed E-state index contributed by atoms with van der Waals surface area (Å²) in [7, 11) is 1.62. The maximum atomic E-state index is 13.6. The Labute approximate surface area is 503 Å². The van der Waals surface area contributed by atoms with Gasteiger partial charge in [0.05, 0.1) is 125 Å². The van der Waals surface area contributed by atoms with E-state index in [0.29, 0.717) is 124 Å². The third-order valence-corrected chi connectivity index (χ3v) is 12.0. The maximum absolute atomic E-state index is 13.6. The fourth-order valence-electron chi connectivity index (χ4n) is 7.52. The van der Waals surface area contributed by atoms with Gasteiger partial charge in [-0.3, -0.25) is 43.3 Å². The van der Waals surface area contributed by atoms with Crippen molar-refractivity contribution in [3.63, 3.8) is 0 Å². The molecule has 8 amide bonds. The highest BCUT2D eigenvalue weighted by Crippen LogP contribution is 2.26. The minimum atomic E-state index is -1.22. The van der Waals surface area contributed by atoms with E-state index in [0.717, 1.165) is 17.1 Å². The van der Waals surface area contributed by atoms with E-state index in [2.05, 4.69) is 31.9 Å². The van der Waals surface area contributed by atoms with Gasteiger partial charge in [-0.1, -0.05) is 6.07 Å². The van der Waals surface area contributed by atoms with Crippen LogP contribution in [0.3, 0.4) is 0 Å². The number of carbonyl (C=O) groups is 9. The molecule has 86 heavy (non-hydrogen) atoms. The number of unbranched alkanes of at least 4 members (excludes halogenated alkanes) is 1. The number of benzene rings is 1. The lowest BCUT2D eigenvalue weighted by Gasteiger charge is -2.24. The van der Waals surface area contributed by atoms with Crippen molar-refractivity contribution in [1.29, 1.82) is 0 Å². The molecule has 0 unspecified atom stereocenters. The monoisotopic (exact) mass is 1230 g/mol. The Kier molecular flexibility index (Phi) is 40.3. The lowest BCUT2D eigenvalue weighted by atomic mass is 10.0. The first-order valence-corrected chi connectivity index (χ1v) is 28.9. The molecule has 0 aromatic heterocycles. The molecule has 2 rings (SSSR count). The fraction of sp³-hybridized carbons (Fsp3) is 0.702. The first kappa shape index (κ1) is 75.7. The molecule has 29 heteroatoms. The van der Waals surface area contributed by atoms with Crippen molar-refractivity contribution in [2.24, 2.45) is 0 Å². The summed E-state index contributed by atoms with van der Waals surface area (Å²) >= 11 is 0. The molecule has 0 saturated heterocycles. The molecule has 0 saturated carbocycles. The lowest BCUT2D eigenvalue weighted by molar-refractivity contribution is -0.138. The number of hydrogen-bond acceptors (Lipinski definition) is 21. The van der Waals surface area contributed by atoms with Crippen LogP contribution in [0.4, 0.5) is 10.5 Å². The Bertz CT molecular complexity index is 2200. The van der Waals surface area contributed by atoms with Gasteiger partial charge in [0.25, 0.3) is 11.8 Å². The van der Waals surface area contributed by atoms with E-state index in [1.807, 2.05) is 0 Å². The largest absolute Gasteiger partial charge is 0.506 e. The van der Waals surface area contributed by atoms with Crippen LogP contribution in [0.5, 0.6) is 5.75 Å². The van der Waals surface area contributed by atoms with Crippen molar-refractivity contribution in [2.45, 2.75) is 116 Å². The van der Waals surface area contributed by atoms with Gasteiger partial charge in [0, 0.05) is 51.2 Å². The van der Waals surface area contributed by atoms with Crippen LogP contribution in [0, 0.1) is 0 Å². The van der Waals surface area contributed by atoms with Crippen LogP contribution in [-0.2, 0) is 96.9 Å². The van der Waals surface area contributed by atoms with Gasteiger partial charge >= 0.3 is 12.1 Å². The smallest absolute Gasteiger partial charge is 0.407 e. The molecule has 488 valence electrons. The molecule has 0 spiro atoms. The predicted octanol–water partition coefficient (Wildman–Crippen LogP) is 0.913. The number of methoxy groups -OCH3 is 1. The first-order chi connectivity index (χ1) is 41.2. The summed E-state index contributed by atoms with van der Waals surface area (Å²) in [5.74, 6) is -5.55. The zero-order valence-electron chi connectivity index (χ0n) is 50.7. The molecule has 0 bridgehead atoms. The van der Waals surface area contributed by atoms with E-state index in [1.54, 1.807) is 27.9 Å². The summed E-state index contributed by atoms with van der Waals surface area (Å²) in [6.45, 7) is 15.3.